The number of likely N-dealkylation sites (tertiary alicyclic amines) is 2. The monoisotopic (exact) mass is 529 g/mol. The zero-order valence-corrected chi connectivity index (χ0v) is 22.9. The van der Waals surface area contributed by atoms with Gasteiger partial charge in [-0.05, 0) is 58.0 Å². The molecule has 0 spiro atoms. The highest BCUT2D eigenvalue weighted by molar-refractivity contribution is 6.06. The van der Waals surface area contributed by atoms with Gasteiger partial charge >= 0.3 is 0 Å². The topological polar surface area (TPSA) is 116 Å². The smallest absolute Gasteiger partial charge is 0.256 e. The minimum Gasteiger partial charge on any atom is -0.478 e. The summed E-state index contributed by atoms with van der Waals surface area (Å²) in [6.45, 7) is 5.10. The number of nitrogens with one attached hydrogen (secondary N) is 3. The van der Waals surface area contributed by atoms with Crippen molar-refractivity contribution in [1.82, 2.24) is 34.5 Å². The van der Waals surface area contributed by atoms with Crippen LogP contribution in [-0.4, -0.2) is 86.3 Å². The number of carbonyl (C=O) groups excluding carboxylic acids is 1. The summed E-state index contributed by atoms with van der Waals surface area (Å²) >= 11 is 0. The highest BCUT2D eigenvalue weighted by Gasteiger charge is 2.37. The van der Waals surface area contributed by atoms with Crippen molar-refractivity contribution in [2.75, 3.05) is 44.4 Å². The number of aromatic nitrogens is 5. The Labute approximate surface area is 227 Å². The summed E-state index contributed by atoms with van der Waals surface area (Å²) in [4.78, 5) is 30.9. The Balaban J connectivity index is 1.26. The Bertz CT molecular complexity index is 1510. The highest BCUT2D eigenvalue weighted by Crippen LogP contribution is 2.35. The van der Waals surface area contributed by atoms with Crippen LogP contribution in [0.25, 0.3) is 22.2 Å². The van der Waals surface area contributed by atoms with E-state index < -0.39 is 0 Å². The average Bonchev–Trinajstić information content (AvgIpc) is 3.71. The van der Waals surface area contributed by atoms with E-state index in [-0.39, 0.29) is 11.9 Å². The number of benzene rings is 1. The molecule has 3 N–H and O–H groups in total. The van der Waals surface area contributed by atoms with E-state index in [1.54, 1.807) is 18.0 Å². The maximum atomic E-state index is 13.5. The van der Waals surface area contributed by atoms with E-state index in [2.05, 4.69) is 42.5 Å². The molecule has 2 aliphatic rings. The van der Waals surface area contributed by atoms with E-state index in [4.69, 9.17) is 9.72 Å². The van der Waals surface area contributed by atoms with E-state index >= 15 is 0 Å². The number of fused-ring (bicyclic) bond motifs is 1. The first-order valence-electron chi connectivity index (χ1n) is 13.4. The summed E-state index contributed by atoms with van der Waals surface area (Å²) in [5, 5.41) is 11.7. The minimum absolute atomic E-state index is 0.0702. The van der Waals surface area contributed by atoms with Gasteiger partial charge in [0.1, 0.15) is 5.69 Å². The van der Waals surface area contributed by atoms with E-state index in [0.717, 1.165) is 72.3 Å². The lowest BCUT2D eigenvalue weighted by molar-refractivity contribution is -0.121. The number of anilines is 3. The van der Waals surface area contributed by atoms with Crippen LogP contribution in [0, 0.1) is 6.92 Å². The predicted octanol–water partition coefficient (Wildman–Crippen LogP) is 3.53. The molecule has 0 radical (unpaired) electrons. The van der Waals surface area contributed by atoms with Crippen LogP contribution in [-0.2, 0) is 11.8 Å². The summed E-state index contributed by atoms with van der Waals surface area (Å²) < 4.78 is 7.02. The first-order chi connectivity index (χ1) is 18.9. The lowest BCUT2D eigenvalue weighted by Crippen LogP contribution is -2.46. The van der Waals surface area contributed by atoms with Crippen LogP contribution in [0.5, 0.6) is 5.88 Å². The molecule has 1 amide bonds. The van der Waals surface area contributed by atoms with Crippen LogP contribution in [0.1, 0.15) is 24.8 Å². The number of ether oxygens (including phenoxy) is 1. The number of rotatable bonds is 7. The number of methoxy groups -OCH3 is 1. The van der Waals surface area contributed by atoms with Gasteiger partial charge in [-0.3, -0.25) is 14.4 Å². The average molecular weight is 530 g/mol. The quantitative estimate of drug-likeness (QED) is 0.333. The Kier molecular flexibility index (Phi) is 6.69. The number of nitrogens with zero attached hydrogens (tertiary/aromatic N) is 6. The van der Waals surface area contributed by atoms with Gasteiger partial charge in [0.25, 0.3) is 5.88 Å². The van der Waals surface area contributed by atoms with Crippen LogP contribution in [0.2, 0.25) is 0 Å². The molecule has 6 rings (SSSR count). The number of hydrogen-bond donors (Lipinski definition) is 3. The van der Waals surface area contributed by atoms with Gasteiger partial charge in [-0.15, -0.1) is 5.10 Å². The first-order valence-corrected chi connectivity index (χ1v) is 13.4. The maximum absolute atomic E-state index is 13.5. The van der Waals surface area contributed by atoms with Crippen molar-refractivity contribution >= 4 is 34.1 Å². The third-order valence-corrected chi connectivity index (χ3v) is 7.87. The van der Waals surface area contributed by atoms with Crippen molar-refractivity contribution < 1.29 is 9.53 Å². The standard InChI is InChI=1S/C28H35N9O2/c1-17-13-30-28(32-22-16-36(3)34-27(22)39-4)33-24(17)20-14-29-25-19(20)7-5-8-21(25)31-26(38)23-9-6-11-37(23)18-10-12-35(2)15-18/h5,7-8,13-14,16,18,23,29H,6,9-12,15H2,1-4H3,(H,31,38)(H,30,32,33)/t18-,23+/m0/s1. The molecule has 0 aliphatic carbocycles. The number of amides is 1. The van der Waals surface area contributed by atoms with Gasteiger partial charge in [-0.25, -0.2) is 9.97 Å². The molecule has 3 aromatic heterocycles. The summed E-state index contributed by atoms with van der Waals surface area (Å²) in [7, 11) is 5.56. The molecule has 39 heavy (non-hydrogen) atoms. The number of carbonyl (C=O) groups is 1. The summed E-state index contributed by atoms with van der Waals surface area (Å²) in [6.07, 6.45) is 8.64. The van der Waals surface area contributed by atoms with Gasteiger partial charge in [0.2, 0.25) is 11.9 Å². The van der Waals surface area contributed by atoms with Crippen molar-refractivity contribution in [2.24, 2.45) is 7.05 Å². The largest absolute Gasteiger partial charge is 0.478 e. The Hall–Kier alpha value is -3.96. The molecule has 1 aromatic carbocycles. The van der Waals surface area contributed by atoms with Gasteiger partial charge in [0.15, 0.2) is 0 Å². The Morgan fingerprint density at radius 1 is 1.18 bits per heavy atom. The number of para-hydroxylation sites is 1. The maximum Gasteiger partial charge on any atom is 0.256 e. The summed E-state index contributed by atoms with van der Waals surface area (Å²) in [5.41, 5.74) is 5.04. The molecule has 2 saturated heterocycles. The second-order valence-corrected chi connectivity index (χ2v) is 10.6. The fourth-order valence-electron chi connectivity index (χ4n) is 5.96. The number of H-pyrrole nitrogens is 1. The van der Waals surface area contributed by atoms with Crippen LogP contribution >= 0.6 is 0 Å². The second-order valence-electron chi connectivity index (χ2n) is 10.6. The van der Waals surface area contributed by atoms with Gasteiger partial charge in [0, 0.05) is 43.0 Å². The van der Waals surface area contributed by atoms with Crippen molar-refractivity contribution in [3.63, 3.8) is 0 Å². The van der Waals surface area contributed by atoms with Crippen molar-refractivity contribution in [2.45, 2.75) is 38.3 Å². The molecule has 2 aliphatic heterocycles. The van der Waals surface area contributed by atoms with Gasteiger partial charge in [0.05, 0.1) is 36.2 Å². The second kappa shape index (κ2) is 10.3. The third-order valence-electron chi connectivity index (χ3n) is 7.87. The molecule has 204 valence electrons. The van der Waals surface area contributed by atoms with Crippen molar-refractivity contribution in [3.05, 3.63) is 42.4 Å². The molecule has 4 aromatic rings. The molecule has 5 heterocycles. The number of aryl methyl sites for hydroxylation is 2. The van der Waals surface area contributed by atoms with E-state index in [0.29, 0.717) is 23.6 Å². The van der Waals surface area contributed by atoms with Crippen LogP contribution in [0.4, 0.5) is 17.3 Å². The first kappa shape index (κ1) is 25.3. The molecule has 2 fully saturated rings. The van der Waals surface area contributed by atoms with Crippen LogP contribution < -0.4 is 15.4 Å². The van der Waals surface area contributed by atoms with Crippen molar-refractivity contribution in [3.8, 4) is 17.1 Å². The molecule has 0 saturated carbocycles. The van der Waals surface area contributed by atoms with E-state index in [9.17, 15) is 4.79 Å². The lowest BCUT2D eigenvalue weighted by atomic mass is 10.1. The molecule has 0 bridgehead atoms. The molecule has 2 atom stereocenters. The number of likely N-dealkylation sites (N-methyl/N-ethyl adjacent to an activating group) is 1. The van der Waals surface area contributed by atoms with Crippen LogP contribution in [0.3, 0.4) is 0 Å². The molecule has 0 unspecified atom stereocenters. The SMILES string of the molecule is COc1nn(C)cc1Nc1ncc(C)c(-c2c[nH]c3c(NC(=O)[C@H]4CCCN4[C@H]4CCN(C)C4)cccc23)n1. The van der Waals surface area contributed by atoms with Crippen LogP contribution in [0.15, 0.2) is 36.8 Å². The molecule has 11 nitrogen and oxygen atoms in total. The van der Waals surface area contributed by atoms with Crippen molar-refractivity contribution in [1.29, 1.82) is 0 Å². The highest BCUT2D eigenvalue weighted by atomic mass is 16.5. The molecular formula is C28H35N9O2. The van der Waals surface area contributed by atoms with Gasteiger partial charge in [-0.2, -0.15) is 0 Å². The normalized spacial score (nSPS) is 20.1. The van der Waals surface area contributed by atoms with E-state index in [1.165, 1.54) is 0 Å². The number of aromatic amines is 1. The minimum atomic E-state index is -0.0894. The molecular weight excluding hydrogens is 494 g/mol. The zero-order chi connectivity index (χ0) is 27.1. The lowest BCUT2D eigenvalue weighted by Gasteiger charge is -2.29. The molecule has 11 heteroatoms. The number of hydrogen-bond acceptors (Lipinski definition) is 8. The fraction of sp³-hybridized carbons (Fsp3) is 0.429. The van der Waals surface area contributed by atoms with Gasteiger partial charge < -0.3 is 25.3 Å². The van der Waals surface area contributed by atoms with E-state index in [1.807, 2.05) is 44.6 Å². The Morgan fingerprint density at radius 2 is 2.05 bits per heavy atom. The predicted molar refractivity (Wildman–Crippen MR) is 151 cm³/mol. The van der Waals surface area contributed by atoms with Gasteiger partial charge in [-0.1, -0.05) is 12.1 Å². The Morgan fingerprint density at radius 3 is 2.85 bits per heavy atom. The summed E-state index contributed by atoms with van der Waals surface area (Å²) in [5.74, 6) is 0.983. The summed E-state index contributed by atoms with van der Waals surface area (Å²) in [6, 6.07) is 6.34. The third kappa shape index (κ3) is 4.83. The zero-order valence-electron chi connectivity index (χ0n) is 22.9. The fourth-order valence-corrected chi connectivity index (χ4v) is 5.96.